The number of carbonyl (C=O) groups excluding carboxylic acids is 1. The normalized spacial score (nSPS) is 15.5. The van der Waals surface area contributed by atoms with Gasteiger partial charge < -0.3 is 4.74 Å². The summed E-state index contributed by atoms with van der Waals surface area (Å²) >= 11 is 0. The lowest BCUT2D eigenvalue weighted by Crippen LogP contribution is -2.48. The van der Waals surface area contributed by atoms with Crippen molar-refractivity contribution < 1.29 is 17.9 Å². The molecule has 6 heteroatoms. The summed E-state index contributed by atoms with van der Waals surface area (Å²) in [6.07, 6.45) is 5.45. The monoisotopic (exact) mass is 453 g/mol. The zero-order chi connectivity index (χ0) is 23.2. The Balaban J connectivity index is 0.00000141. The standard InChI is InChI=1S/C24H25NO4S.C2H6/c1-29-23(26)24(14-5-2-6-15-24)30(27,28)20-11-9-18(10-12-20)17-19-13-16-25-22-8-4-3-7-21(19)22;1-2/h3-4,7-13,16H,2,5-6,14-15,17H2,1H3;1-2H3. The Bertz CT molecular complexity index is 1160. The fourth-order valence-corrected chi connectivity index (χ4v) is 6.51. The molecular formula is C26H31NO4S. The van der Waals surface area contributed by atoms with Crippen LogP contribution in [0, 0.1) is 0 Å². The van der Waals surface area contributed by atoms with Gasteiger partial charge in [-0.15, -0.1) is 0 Å². The van der Waals surface area contributed by atoms with E-state index in [0.717, 1.165) is 28.5 Å². The van der Waals surface area contributed by atoms with Crippen molar-refractivity contribution in [3.8, 4) is 0 Å². The molecule has 0 spiro atoms. The Kier molecular flexibility index (Phi) is 7.67. The van der Waals surface area contributed by atoms with E-state index in [4.69, 9.17) is 4.74 Å². The molecule has 0 atom stereocenters. The van der Waals surface area contributed by atoms with Gasteiger partial charge in [0.15, 0.2) is 14.6 Å². The number of para-hydroxylation sites is 1. The third kappa shape index (κ3) is 4.42. The molecule has 1 aliphatic carbocycles. The zero-order valence-electron chi connectivity index (χ0n) is 19.0. The quantitative estimate of drug-likeness (QED) is 0.477. The van der Waals surface area contributed by atoms with Gasteiger partial charge >= 0.3 is 5.97 Å². The van der Waals surface area contributed by atoms with E-state index in [1.165, 1.54) is 7.11 Å². The number of pyridine rings is 1. The molecule has 0 aliphatic heterocycles. The summed E-state index contributed by atoms with van der Waals surface area (Å²) in [4.78, 5) is 17.1. The van der Waals surface area contributed by atoms with Crippen LogP contribution in [0.25, 0.3) is 10.9 Å². The molecule has 0 N–H and O–H groups in total. The van der Waals surface area contributed by atoms with E-state index in [2.05, 4.69) is 4.98 Å². The smallest absolute Gasteiger partial charge is 0.327 e. The van der Waals surface area contributed by atoms with E-state index in [0.29, 0.717) is 32.1 Å². The van der Waals surface area contributed by atoms with E-state index in [9.17, 15) is 13.2 Å². The Hall–Kier alpha value is -2.73. The molecular weight excluding hydrogens is 422 g/mol. The van der Waals surface area contributed by atoms with Gasteiger partial charge in [0, 0.05) is 11.6 Å². The molecule has 1 fully saturated rings. The van der Waals surface area contributed by atoms with Crippen LogP contribution in [0.3, 0.4) is 0 Å². The van der Waals surface area contributed by atoms with Gasteiger partial charge in [-0.25, -0.2) is 8.42 Å². The highest BCUT2D eigenvalue weighted by Crippen LogP contribution is 2.40. The first kappa shape index (κ1) is 23.9. The molecule has 3 aromatic rings. The Morgan fingerprint density at radius 3 is 2.28 bits per heavy atom. The van der Waals surface area contributed by atoms with Crippen LogP contribution in [0.5, 0.6) is 0 Å². The lowest BCUT2D eigenvalue weighted by atomic mass is 9.88. The third-order valence-corrected chi connectivity index (χ3v) is 8.60. The van der Waals surface area contributed by atoms with Crippen LogP contribution in [-0.4, -0.2) is 31.2 Å². The number of rotatable bonds is 5. The van der Waals surface area contributed by atoms with Crippen LogP contribution in [0.1, 0.15) is 57.1 Å². The average Bonchev–Trinajstić information content (AvgIpc) is 2.85. The second kappa shape index (κ2) is 10.3. The van der Waals surface area contributed by atoms with Crippen molar-refractivity contribution in [1.29, 1.82) is 0 Å². The molecule has 5 nitrogen and oxygen atoms in total. The summed E-state index contributed by atoms with van der Waals surface area (Å²) in [5, 5.41) is 1.09. The second-order valence-electron chi connectivity index (χ2n) is 7.86. The first-order valence-corrected chi connectivity index (χ1v) is 12.7. The summed E-state index contributed by atoms with van der Waals surface area (Å²) < 4.78 is 30.3. The maximum Gasteiger partial charge on any atom is 0.327 e. The Labute approximate surface area is 190 Å². The molecule has 0 bridgehead atoms. The number of hydrogen-bond acceptors (Lipinski definition) is 5. The predicted molar refractivity (Wildman–Crippen MR) is 127 cm³/mol. The summed E-state index contributed by atoms with van der Waals surface area (Å²) in [7, 11) is -2.58. The number of methoxy groups -OCH3 is 1. The van der Waals surface area contributed by atoms with Gasteiger partial charge in [-0.05, 0) is 54.7 Å². The van der Waals surface area contributed by atoms with E-state index < -0.39 is 20.6 Å². The average molecular weight is 454 g/mol. The fourth-order valence-electron chi connectivity index (χ4n) is 4.43. The number of esters is 1. The van der Waals surface area contributed by atoms with E-state index >= 15 is 0 Å². The van der Waals surface area contributed by atoms with Crippen LogP contribution in [-0.2, 0) is 25.8 Å². The predicted octanol–water partition coefficient (Wildman–Crippen LogP) is 5.50. The van der Waals surface area contributed by atoms with Crippen LogP contribution in [0.15, 0.2) is 65.7 Å². The van der Waals surface area contributed by atoms with Gasteiger partial charge in [-0.1, -0.05) is 63.4 Å². The molecule has 1 heterocycles. The highest BCUT2D eigenvalue weighted by molar-refractivity contribution is 7.93. The third-order valence-electron chi connectivity index (χ3n) is 6.10. The van der Waals surface area contributed by atoms with E-state index in [1.807, 2.05) is 56.3 Å². The maximum atomic E-state index is 13.4. The van der Waals surface area contributed by atoms with Crippen molar-refractivity contribution in [3.63, 3.8) is 0 Å². The number of nitrogens with zero attached hydrogens (tertiary/aromatic N) is 1. The highest BCUT2D eigenvalue weighted by Gasteiger charge is 2.52. The van der Waals surface area contributed by atoms with E-state index in [-0.39, 0.29) is 4.90 Å². The van der Waals surface area contributed by atoms with Gasteiger partial charge in [0.05, 0.1) is 17.5 Å². The van der Waals surface area contributed by atoms with Crippen LogP contribution < -0.4 is 0 Å². The van der Waals surface area contributed by atoms with Crippen LogP contribution >= 0.6 is 0 Å². The molecule has 1 saturated carbocycles. The minimum Gasteiger partial charge on any atom is -0.468 e. The van der Waals surface area contributed by atoms with Gasteiger partial charge in [0.25, 0.3) is 0 Å². The Morgan fingerprint density at radius 2 is 1.62 bits per heavy atom. The molecule has 1 aromatic heterocycles. The molecule has 0 amide bonds. The zero-order valence-corrected chi connectivity index (χ0v) is 19.8. The number of carbonyl (C=O) groups is 1. The van der Waals surface area contributed by atoms with Crippen molar-refractivity contribution in [2.75, 3.05) is 7.11 Å². The lowest BCUT2D eigenvalue weighted by Gasteiger charge is -2.33. The van der Waals surface area contributed by atoms with Gasteiger partial charge in [0.2, 0.25) is 0 Å². The molecule has 1 aliphatic rings. The summed E-state index contributed by atoms with van der Waals surface area (Å²) in [6, 6.07) is 16.8. The number of ether oxygens (including phenoxy) is 1. The van der Waals surface area contributed by atoms with E-state index in [1.54, 1.807) is 18.3 Å². The molecule has 0 saturated heterocycles. The van der Waals surface area contributed by atoms with Crippen molar-refractivity contribution in [1.82, 2.24) is 4.98 Å². The molecule has 170 valence electrons. The number of aromatic nitrogens is 1. The SMILES string of the molecule is CC.COC(=O)C1(S(=O)(=O)c2ccc(Cc3ccnc4ccccc34)cc2)CCCCC1. The minimum atomic E-state index is -3.84. The largest absolute Gasteiger partial charge is 0.468 e. The van der Waals surface area contributed by atoms with Gasteiger partial charge in [-0.3, -0.25) is 9.78 Å². The fraction of sp³-hybridized carbons (Fsp3) is 0.385. The molecule has 2 aromatic carbocycles. The number of fused-ring (bicyclic) bond motifs is 1. The summed E-state index contributed by atoms with van der Waals surface area (Å²) in [5.74, 6) is -0.644. The Morgan fingerprint density at radius 1 is 0.969 bits per heavy atom. The van der Waals surface area contributed by atoms with Crippen LogP contribution in [0.4, 0.5) is 0 Å². The second-order valence-corrected chi connectivity index (χ2v) is 10.1. The van der Waals surface area contributed by atoms with Crippen LogP contribution in [0.2, 0.25) is 0 Å². The summed E-state index contributed by atoms with van der Waals surface area (Å²) in [5.41, 5.74) is 3.07. The number of hydrogen-bond donors (Lipinski definition) is 0. The number of benzene rings is 2. The van der Waals surface area contributed by atoms with Gasteiger partial charge in [-0.2, -0.15) is 0 Å². The summed E-state index contributed by atoms with van der Waals surface area (Å²) in [6.45, 7) is 4.00. The molecule has 0 radical (unpaired) electrons. The van der Waals surface area contributed by atoms with Crippen molar-refractivity contribution in [3.05, 3.63) is 71.9 Å². The highest BCUT2D eigenvalue weighted by atomic mass is 32.2. The lowest BCUT2D eigenvalue weighted by molar-refractivity contribution is -0.144. The molecule has 0 unspecified atom stereocenters. The number of sulfone groups is 1. The molecule has 4 rings (SSSR count). The maximum absolute atomic E-state index is 13.4. The van der Waals surface area contributed by atoms with Gasteiger partial charge in [0.1, 0.15) is 0 Å². The topological polar surface area (TPSA) is 73.3 Å². The first-order chi connectivity index (χ1) is 15.5. The van der Waals surface area contributed by atoms with Crippen molar-refractivity contribution >= 4 is 26.7 Å². The van der Waals surface area contributed by atoms with Crippen molar-refractivity contribution in [2.24, 2.45) is 0 Å². The van der Waals surface area contributed by atoms with Crippen molar-refractivity contribution in [2.45, 2.75) is 62.0 Å². The minimum absolute atomic E-state index is 0.179. The first-order valence-electron chi connectivity index (χ1n) is 11.2. The molecule has 32 heavy (non-hydrogen) atoms.